The van der Waals surface area contributed by atoms with E-state index >= 15 is 0 Å². The first-order valence-electron chi connectivity index (χ1n) is 6.47. The smallest absolute Gasteiger partial charge is 0.272 e. The van der Waals surface area contributed by atoms with Gasteiger partial charge in [0.1, 0.15) is 5.69 Å². The van der Waals surface area contributed by atoms with Crippen LogP contribution >= 0.6 is 0 Å². The van der Waals surface area contributed by atoms with E-state index in [9.17, 15) is 4.79 Å². The number of hydrogen-bond acceptors (Lipinski definition) is 3. The second kappa shape index (κ2) is 5.06. The van der Waals surface area contributed by atoms with Gasteiger partial charge >= 0.3 is 0 Å². The molecular weight excluding hydrogens is 226 g/mol. The number of carbonyl (C=O) groups excluding carboxylic acids is 1. The van der Waals surface area contributed by atoms with Crippen molar-refractivity contribution in [2.24, 2.45) is 11.1 Å². The molecule has 1 aliphatic rings. The van der Waals surface area contributed by atoms with Crippen LogP contribution in [-0.2, 0) is 0 Å². The lowest BCUT2D eigenvalue weighted by Crippen LogP contribution is -2.45. The second-order valence-corrected chi connectivity index (χ2v) is 5.47. The topological polar surface area (TPSA) is 59.2 Å². The quantitative estimate of drug-likeness (QED) is 0.863. The summed E-state index contributed by atoms with van der Waals surface area (Å²) in [6.07, 6.45) is 1.95. The predicted octanol–water partition coefficient (Wildman–Crippen LogP) is 1.59. The minimum Gasteiger partial charge on any atom is -0.337 e. The highest BCUT2D eigenvalue weighted by Crippen LogP contribution is 2.29. The summed E-state index contributed by atoms with van der Waals surface area (Å²) in [7, 11) is 0. The normalized spacial score (nSPS) is 18.7. The molecular formula is C14H21N3O. The lowest BCUT2D eigenvalue weighted by molar-refractivity contribution is 0.0611. The molecule has 1 amide bonds. The summed E-state index contributed by atoms with van der Waals surface area (Å²) in [6, 6.07) is 5.56. The molecule has 2 heterocycles. The third-order valence-corrected chi connectivity index (χ3v) is 3.86. The summed E-state index contributed by atoms with van der Waals surface area (Å²) in [5.74, 6) is 0.0396. The molecule has 1 aromatic rings. The number of aromatic nitrogens is 1. The fourth-order valence-electron chi connectivity index (χ4n) is 2.28. The molecule has 0 unspecified atom stereocenters. The molecule has 1 saturated heterocycles. The lowest BCUT2D eigenvalue weighted by Gasteiger charge is -2.38. The molecule has 0 atom stereocenters. The highest BCUT2D eigenvalue weighted by Gasteiger charge is 2.31. The first-order chi connectivity index (χ1) is 8.54. The molecule has 1 aromatic heterocycles. The van der Waals surface area contributed by atoms with Crippen LogP contribution in [0.4, 0.5) is 0 Å². The van der Waals surface area contributed by atoms with Crippen LogP contribution in [0, 0.1) is 12.3 Å². The number of rotatable bonds is 2. The summed E-state index contributed by atoms with van der Waals surface area (Å²) >= 11 is 0. The molecule has 0 spiro atoms. The van der Waals surface area contributed by atoms with E-state index in [0.717, 1.165) is 31.6 Å². The van der Waals surface area contributed by atoms with Crippen molar-refractivity contribution in [1.29, 1.82) is 0 Å². The molecule has 2 rings (SSSR count). The van der Waals surface area contributed by atoms with Crippen molar-refractivity contribution in [2.45, 2.75) is 26.7 Å². The first-order valence-corrected chi connectivity index (χ1v) is 6.47. The Morgan fingerprint density at radius 3 is 2.67 bits per heavy atom. The zero-order valence-electron chi connectivity index (χ0n) is 11.1. The lowest BCUT2D eigenvalue weighted by atomic mass is 9.80. The molecule has 98 valence electrons. The van der Waals surface area contributed by atoms with E-state index in [0.29, 0.717) is 12.2 Å². The number of piperidine rings is 1. The molecule has 1 aliphatic heterocycles. The third-order valence-electron chi connectivity index (χ3n) is 3.86. The summed E-state index contributed by atoms with van der Waals surface area (Å²) in [5.41, 5.74) is 7.39. The van der Waals surface area contributed by atoms with E-state index in [1.807, 2.05) is 24.0 Å². The van der Waals surface area contributed by atoms with Crippen molar-refractivity contribution in [3.05, 3.63) is 29.6 Å². The van der Waals surface area contributed by atoms with Crippen molar-refractivity contribution in [3.8, 4) is 0 Å². The number of amides is 1. The van der Waals surface area contributed by atoms with Crippen LogP contribution in [0.1, 0.15) is 35.9 Å². The van der Waals surface area contributed by atoms with Crippen LogP contribution in [0.15, 0.2) is 18.2 Å². The minimum atomic E-state index is 0.0396. The van der Waals surface area contributed by atoms with Crippen molar-refractivity contribution in [2.75, 3.05) is 19.6 Å². The molecule has 0 aliphatic carbocycles. The van der Waals surface area contributed by atoms with Gasteiger partial charge in [0, 0.05) is 18.8 Å². The van der Waals surface area contributed by atoms with E-state index in [1.54, 1.807) is 6.07 Å². The number of pyridine rings is 1. The Morgan fingerprint density at radius 2 is 2.11 bits per heavy atom. The number of hydrogen-bond donors (Lipinski definition) is 1. The van der Waals surface area contributed by atoms with E-state index in [2.05, 4.69) is 11.9 Å². The summed E-state index contributed by atoms with van der Waals surface area (Å²) in [6.45, 7) is 6.35. The van der Waals surface area contributed by atoms with Gasteiger partial charge in [-0.25, -0.2) is 4.98 Å². The van der Waals surface area contributed by atoms with Gasteiger partial charge in [0.05, 0.1) is 0 Å². The molecule has 2 N–H and O–H groups in total. The van der Waals surface area contributed by atoms with Crippen molar-refractivity contribution in [1.82, 2.24) is 9.88 Å². The zero-order chi connectivity index (χ0) is 13.2. The highest BCUT2D eigenvalue weighted by atomic mass is 16.2. The molecule has 0 aromatic carbocycles. The summed E-state index contributed by atoms with van der Waals surface area (Å²) < 4.78 is 0. The van der Waals surface area contributed by atoms with Gasteiger partial charge in [0.25, 0.3) is 5.91 Å². The number of aryl methyl sites for hydroxylation is 1. The van der Waals surface area contributed by atoms with Crippen LogP contribution in [-0.4, -0.2) is 35.4 Å². The third kappa shape index (κ3) is 2.70. The maximum atomic E-state index is 12.3. The first kappa shape index (κ1) is 13.0. The number of carbonyl (C=O) groups is 1. The van der Waals surface area contributed by atoms with Gasteiger partial charge < -0.3 is 10.6 Å². The van der Waals surface area contributed by atoms with Gasteiger partial charge in [-0.15, -0.1) is 0 Å². The molecule has 0 bridgehead atoms. The average Bonchev–Trinajstić information content (AvgIpc) is 2.39. The SMILES string of the molecule is Cc1cccc(C(=O)N2CCC(C)(CN)CC2)n1. The summed E-state index contributed by atoms with van der Waals surface area (Å²) in [4.78, 5) is 18.5. The van der Waals surface area contributed by atoms with Crippen LogP contribution in [0.2, 0.25) is 0 Å². The van der Waals surface area contributed by atoms with E-state index in [4.69, 9.17) is 5.73 Å². The predicted molar refractivity (Wildman–Crippen MR) is 71.3 cm³/mol. The Morgan fingerprint density at radius 1 is 1.44 bits per heavy atom. The summed E-state index contributed by atoms with van der Waals surface area (Å²) in [5, 5.41) is 0. The van der Waals surface area contributed by atoms with E-state index in [1.165, 1.54) is 0 Å². The minimum absolute atomic E-state index is 0.0396. The van der Waals surface area contributed by atoms with Crippen LogP contribution in [0.5, 0.6) is 0 Å². The highest BCUT2D eigenvalue weighted by molar-refractivity contribution is 5.92. The van der Waals surface area contributed by atoms with Crippen LogP contribution in [0.25, 0.3) is 0 Å². The van der Waals surface area contributed by atoms with Gasteiger partial charge in [-0.3, -0.25) is 4.79 Å². The van der Waals surface area contributed by atoms with Gasteiger partial charge in [-0.2, -0.15) is 0 Å². The molecule has 4 heteroatoms. The van der Waals surface area contributed by atoms with Crippen LogP contribution < -0.4 is 5.73 Å². The van der Waals surface area contributed by atoms with Gasteiger partial charge in [-0.05, 0) is 43.9 Å². The molecule has 4 nitrogen and oxygen atoms in total. The Balaban J connectivity index is 2.04. The van der Waals surface area contributed by atoms with Crippen molar-refractivity contribution < 1.29 is 4.79 Å². The van der Waals surface area contributed by atoms with Gasteiger partial charge in [0.15, 0.2) is 0 Å². The number of nitrogens with zero attached hydrogens (tertiary/aromatic N) is 2. The Labute approximate surface area is 108 Å². The maximum absolute atomic E-state index is 12.3. The number of nitrogens with two attached hydrogens (primary N) is 1. The molecule has 0 saturated carbocycles. The molecule has 0 radical (unpaired) electrons. The molecule has 18 heavy (non-hydrogen) atoms. The Hall–Kier alpha value is -1.42. The monoisotopic (exact) mass is 247 g/mol. The van der Waals surface area contributed by atoms with Crippen LogP contribution in [0.3, 0.4) is 0 Å². The fourth-order valence-corrected chi connectivity index (χ4v) is 2.28. The van der Waals surface area contributed by atoms with Crippen molar-refractivity contribution in [3.63, 3.8) is 0 Å². The Bertz CT molecular complexity index is 436. The standard InChI is InChI=1S/C14H21N3O/c1-11-4-3-5-12(16-11)13(18)17-8-6-14(2,10-15)7-9-17/h3-5H,6-10,15H2,1-2H3. The molecule has 1 fully saturated rings. The van der Waals surface area contributed by atoms with Gasteiger partial charge in [0.2, 0.25) is 0 Å². The van der Waals surface area contributed by atoms with Crippen molar-refractivity contribution >= 4 is 5.91 Å². The largest absolute Gasteiger partial charge is 0.337 e. The Kier molecular flexibility index (Phi) is 3.66. The van der Waals surface area contributed by atoms with Gasteiger partial charge in [-0.1, -0.05) is 13.0 Å². The zero-order valence-corrected chi connectivity index (χ0v) is 11.1. The second-order valence-electron chi connectivity index (χ2n) is 5.47. The fraction of sp³-hybridized carbons (Fsp3) is 0.571. The van der Waals surface area contributed by atoms with E-state index < -0.39 is 0 Å². The van der Waals surface area contributed by atoms with E-state index in [-0.39, 0.29) is 11.3 Å². The maximum Gasteiger partial charge on any atom is 0.272 e. The average molecular weight is 247 g/mol. The number of likely N-dealkylation sites (tertiary alicyclic amines) is 1.